The first-order valence-corrected chi connectivity index (χ1v) is 9.75. The number of halogens is 1. The number of imidazole rings is 1. The van der Waals surface area contributed by atoms with E-state index < -0.39 is 5.97 Å². The standard InChI is InChI=1S/C21H11ClN2O4S/c22-14-7-5-11(9-13(14)20(26)27)17-8-6-12(28-17)10-18-19(25)24-16-4-2-1-3-15(16)23-21(24)29-18/h1-10H,(H,26,27)/b18-10-. The maximum atomic E-state index is 12.8. The van der Waals surface area contributed by atoms with Crippen LogP contribution in [-0.4, -0.2) is 20.5 Å². The number of nitrogens with zero attached hydrogens (tertiary/aromatic N) is 2. The van der Waals surface area contributed by atoms with Gasteiger partial charge >= 0.3 is 5.97 Å². The number of aromatic nitrogens is 2. The SMILES string of the molecule is O=C(O)c1cc(-c2ccc(/C=c3\sc4nc5ccccc5n4c3=O)o2)ccc1Cl. The van der Waals surface area contributed by atoms with Gasteiger partial charge in [-0.25, -0.2) is 14.2 Å². The zero-order chi connectivity index (χ0) is 20.1. The first-order chi connectivity index (χ1) is 14.0. The van der Waals surface area contributed by atoms with Gasteiger partial charge in [0.05, 0.1) is 21.6 Å². The minimum atomic E-state index is -1.11. The predicted molar refractivity (Wildman–Crippen MR) is 112 cm³/mol. The number of carboxylic acids is 1. The van der Waals surface area contributed by atoms with Gasteiger partial charge in [0.15, 0.2) is 4.96 Å². The summed E-state index contributed by atoms with van der Waals surface area (Å²) in [5, 5.41) is 9.39. The topological polar surface area (TPSA) is 84.8 Å². The van der Waals surface area contributed by atoms with E-state index in [1.807, 2.05) is 24.3 Å². The highest BCUT2D eigenvalue weighted by Crippen LogP contribution is 2.27. The average Bonchev–Trinajstić information content (AvgIpc) is 3.38. The van der Waals surface area contributed by atoms with Gasteiger partial charge in [0.25, 0.3) is 5.56 Å². The maximum Gasteiger partial charge on any atom is 0.337 e. The van der Waals surface area contributed by atoms with Crippen LogP contribution in [0, 0.1) is 0 Å². The van der Waals surface area contributed by atoms with Gasteiger partial charge in [-0.15, -0.1) is 0 Å². The van der Waals surface area contributed by atoms with Crippen molar-refractivity contribution in [2.75, 3.05) is 0 Å². The van der Waals surface area contributed by atoms with E-state index in [9.17, 15) is 14.7 Å². The normalized spacial score (nSPS) is 12.2. The van der Waals surface area contributed by atoms with Crippen LogP contribution in [0.25, 0.3) is 33.4 Å². The van der Waals surface area contributed by atoms with Crippen LogP contribution in [0.2, 0.25) is 5.02 Å². The number of hydrogen-bond donors (Lipinski definition) is 1. The largest absolute Gasteiger partial charge is 0.478 e. The molecule has 8 heteroatoms. The highest BCUT2D eigenvalue weighted by Gasteiger charge is 2.13. The van der Waals surface area contributed by atoms with E-state index in [1.165, 1.54) is 23.5 Å². The summed E-state index contributed by atoms with van der Waals surface area (Å²) in [6, 6.07) is 15.6. The molecular weight excluding hydrogens is 412 g/mol. The molecule has 0 unspecified atom stereocenters. The molecule has 3 heterocycles. The Morgan fingerprint density at radius 3 is 2.83 bits per heavy atom. The number of furan rings is 1. The Bertz CT molecular complexity index is 1530. The molecule has 0 saturated heterocycles. The summed E-state index contributed by atoms with van der Waals surface area (Å²) in [5.74, 6) is -0.146. The minimum Gasteiger partial charge on any atom is -0.478 e. The molecule has 2 aromatic carbocycles. The zero-order valence-corrected chi connectivity index (χ0v) is 16.2. The third kappa shape index (κ3) is 2.91. The molecule has 0 aliphatic carbocycles. The van der Waals surface area contributed by atoms with Gasteiger partial charge in [-0.1, -0.05) is 35.1 Å². The lowest BCUT2D eigenvalue weighted by Gasteiger charge is -2.01. The van der Waals surface area contributed by atoms with Crippen molar-refractivity contribution >= 4 is 51.0 Å². The summed E-state index contributed by atoms with van der Waals surface area (Å²) in [5.41, 5.74) is 1.97. The van der Waals surface area contributed by atoms with Crippen molar-refractivity contribution in [3.8, 4) is 11.3 Å². The molecule has 3 aromatic heterocycles. The minimum absolute atomic E-state index is 0.000649. The Morgan fingerprint density at radius 1 is 1.17 bits per heavy atom. The number of para-hydroxylation sites is 2. The van der Waals surface area contributed by atoms with Crippen LogP contribution in [0.3, 0.4) is 0 Å². The molecule has 29 heavy (non-hydrogen) atoms. The van der Waals surface area contributed by atoms with Crippen molar-refractivity contribution in [1.29, 1.82) is 0 Å². The number of carbonyl (C=O) groups is 1. The van der Waals surface area contributed by atoms with E-state index in [0.29, 0.717) is 26.6 Å². The summed E-state index contributed by atoms with van der Waals surface area (Å²) in [4.78, 5) is 29.2. The number of aromatic carboxylic acids is 1. The molecule has 0 fully saturated rings. The zero-order valence-electron chi connectivity index (χ0n) is 14.6. The van der Waals surface area contributed by atoms with Gasteiger partial charge < -0.3 is 9.52 Å². The molecule has 0 aliphatic rings. The van der Waals surface area contributed by atoms with E-state index in [-0.39, 0.29) is 16.1 Å². The fourth-order valence-electron chi connectivity index (χ4n) is 3.17. The number of rotatable bonds is 3. The monoisotopic (exact) mass is 422 g/mol. The van der Waals surface area contributed by atoms with Crippen LogP contribution in [0.5, 0.6) is 0 Å². The first kappa shape index (κ1) is 17.7. The second kappa shape index (κ2) is 6.58. The Hall–Kier alpha value is -3.42. The summed E-state index contributed by atoms with van der Waals surface area (Å²) in [6.45, 7) is 0. The summed E-state index contributed by atoms with van der Waals surface area (Å²) in [7, 11) is 0. The first-order valence-electron chi connectivity index (χ1n) is 8.56. The van der Waals surface area contributed by atoms with E-state index in [1.54, 1.807) is 28.7 Å². The van der Waals surface area contributed by atoms with Gasteiger partial charge in [-0.05, 0) is 42.5 Å². The smallest absolute Gasteiger partial charge is 0.337 e. The number of hydrogen-bond acceptors (Lipinski definition) is 5. The number of fused-ring (bicyclic) bond motifs is 3. The van der Waals surface area contributed by atoms with Crippen LogP contribution in [0.1, 0.15) is 16.1 Å². The molecule has 6 nitrogen and oxygen atoms in total. The molecule has 0 amide bonds. The van der Waals surface area contributed by atoms with Gasteiger partial charge in [0, 0.05) is 11.6 Å². The summed E-state index contributed by atoms with van der Waals surface area (Å²) >= 11 is 7.21. The predicted octanol–water partition coefficient (Wildman–Crippen LogP) is 4.07. The van der Waals surface area contributed by atoms with Crippen LogP contribution >= 0.6 is 22.9 Å². The number of thiazole rings is 1. The third-order valence-corrected chi connectivity index (χ3v) is 5.82. The quantitative estimate of drug-likeness (QED) is 0.473. The van der Waals surface area contributed by atoms with Crippen LogP contribution in [0.4, 0.5) is 0 Å². The van der Waals surface area contributed by atoms with E-state index >= 15 is 0 Å². The molecule has 0 aliphatic heterocycles. The molecule has 0 atom stereocenters. The van der Waals surface area contributed by atoms with Gasteiger partial charge in [0.1, 0.15) is 16.1 Å². The summed E-state index contributed by atoms with van der Waals surface area (Å²) in [6.07, 6.45) is 1.66. The molecule has 0 spiro atoms. The molecule has 5 rings (SSSR count). The lowest BCUT2D eigenvalue weighted by atomic mass is 10.1. The van der Waals surface area contributed by atoms with Crippen molar-refractivity contribution < 1.29 is 14.3 Å². The van der Waals surface area contributed by atoms with Crippen molar-refractivity contribution in [3.63, 3.8) is 0 Å². The van der Waals surface area contributed by atoms with Crippen LogP contribution < -0.4 is 10.1 Å². The lowest BCUT2D eigenvalue weighted by molar-refractivity contribution is 0.0697. The van der Waals surface area contributed by atoms with Crippen molar-refractivity contribution in [2.45, 2.75) is 0 Å². The number of benzene rings is 2. The van der Waals surface area contributed by atoms with Crippen molar-refractivity contribution in [2.24, 2.45) is 0 Å². The molecule has 0 saturated carbocycles. The molecule has 0 bridgehead atoms. The van der Waals surface area contributed by atoms with Gasteiger partial charge in [-0.2, -0.15) is 0 Å². The Kier molecular flexibility index (Phi) is 4.01. The highest BCUT2D eigenvalue weighted by atomic mass is 35.5. The van der Waals surface area contributed by atoms with Crippen LogP contribution in [0.15, 0.2) is 63.8 Å². The second-order valence-corrected chi connectivity index (χ2v) is 7.75. The van der Waals surface area contributed by atoms with E-state index in [2.05, 4.69) is 4.98 Å². The highest BCUT2D eigenvalue weighted by molar-refractivity contribution is 7.15. The fraction of sp³-hybridized carbons (Fsp3) is 0. The van der Waals surface area contributed by atoms with Crippen molar-refractivity contribution in [1.82, 2.24) is 9.38 Å². The van der Waals surface area contributed by atoms with Gasteiger partial charge in [0.2, 0.25) is 0 Å². The Labute approximate surface area is 171 Å². The van der Waals surface area contributed by atoms with Gasteiger partial charge in [-0.3, -0.25) is 4.79 Å². The number of carboxylic acid groups (broad SMARTS) is 1. The van der Waals surface area contributed by atoms with E-state index in [4.69, 9.17) is 16.0 Å². The fourth-order valence-corrected chi connectivity index (χ4v) is 4.33. The van der Waals surface area contributed by atoms with Crippen molar-refractivity contribution in [3.05, 3.63) is 85.8 Å². The average molecular weight is 423 g/mol. The maximum absolute atomic E-state index is 12.8. The van der Waals surface area contributed by atoms with Crippen LogP contribution in [-0.2, 0) is 0 Å². The lowest BCUT2D eigenvalue weighted by Crippen LogP contribution is -2.22. The Balaban J connectivity index is 1.59. The molecule has 142 valence electrons. The molecule has 5 aromatic rings. The summed E-state index contributed by atoms with van der Waals surface area (Å²) < 4.78 is 7.90. The Morgan fingerprint density at radius 2 is 2.00 bits per heavy atom. The molecule has 0 radical (unpaired) electrons. The van der Waals surface area contributed by atoms with E-state index in [0.717, 1.165) is 11.0 Å². The second-order valence-electron chi connectivity index (χ2n) is 6.34. The third-order valence-electron chi connectivity index (χ3n) is 4.53. The molecular formula is C21H11ClN2O4S. The molecule has 1 N–H and O–H groups in total.